The van der Waals surface area contributed by atoms with Crippen LogP contribution in [0, 0.1) is 11.8 Å². The molecule has 1 aromatic carbocycles. The Bertz CT molecular complexity index is 587. The van der Waals surface area contributed by atoms with Crippen LogP contribution in [0.2, 0.25) is 0 Å². The summed E-state index contributed by atoms with van der Waals surface area (Å²) in [6.45, 7) is 0. The Morgan fingerprint density at radius 2 is 1.92 bits per heavy atom. The van der Waals surface area contributed by atoms with Crippen molar-refractivity contribution in [3.05, 3.63) is 48.0 Å². The second-order valence-electron chi connectivity index (χ2n) is 7.44. The summed E-state index contributed by atoms with van der Waals surface area (Å²) in [5.74, 6) is 3.43. The van der Waals surface area contributed by atoms with Gasteiger partial charge in [0.05, 0.1) is 0 Å². The summed E-state index contributed by atoms with van der Waals surface area (Å²) in [6, 6.07) is 10.8. The first-order valence-corrected chi connectivity index (χ1v) is 12.0. The van der Waals surface area contributed by atoms with E-state index in [1.165, 1.54) is 37.0 Å². The molecule has 2 fully saturated rings. The van der Waals surface area contributed by atoms with Gasteiger partial charge in [0, 0.05) is 22.7 Å². The number of carboxylic acid groups (broad SMARTS) is 1. The minimum absolute atomic E-state index is 0.287. The number of allylic oxidation sites excluding steroid dienone is 2. The second-order valence-corrected chi connectivity index (χ2v) is 10.0. The molecule has 1 N–H and O–H groups in total. The summed E-state index contributed by atoms with van der Waals surface area (Å²) in [6.07, 6.45) is 11.9. The van der Waals surface area contributed by atoms with E-state index in [9.17, 15) is 4.79 Å². The number of thioether (sulfide) groups is 2. The summed E-state index contributed by atoms with van der Waals surface area (Å²) in [5.41, 5.74) is 1.43. The number of rotatable bonds is 11. The molecule has 2 saturated heterocycles. The molecule has 4 atom stereocenters. The maximum absolute atomic E-state index is 10.6. The quantitative estimate of drug-likeness (QED) is 0.370. The lowest BCUT2D eigenvalue weighted by molar-refractivity contribution is -0.137. The monoisotopic (exact) mass is 390 g/mol. The Hall–Kier alpha value is -0.870. The fourth-order valence-corrected chi connectivity index (χ4v) is 7.38. The molecular formula is C22H30O2S2. The number of benzene rings is 1. The van der Waals surface area contributed by atoms with Crippen molar-refractivity contribution in [3.63, 3.8) is 0 Å². The highest BCUT2D eigenvalue weighted by molar-refractivity contribution is 8.01. The van der Waals surface area contributed by atoms with E-state index in [0.29, 0.717) is 0 Å². The maximum atomic E-state index is 10.6. The topological polar surface area (TPSA) is 37.3 Å². The summed E-state index contributed by atoms with van der Waals surface area (Å²) in [7, 11) is 0. The number of fused-ring (bicyclic) bond motifs is 2. The predicted octanol–water partition coefficient (Wildman–Crippen LogP) is 6.02. The van der Waals surface area contributed by atoms with Gasteiger partial charge in [-0.3, -0.25) is 4.79 Å². The summed E-state index contributed by atoms with van der Waals surface area (Å²) in [5, 5.41) is 10.5. The average molecular weight is 391 g/mol. The molecule has 2 aliphatic rings. The van der Waals surface area contributed by atoms with Gasteiger partial charge >= 0.3 is 5.97 Å². The zero-order valence-electron chi connectivity index (χ0n) is 15.4. The molecule has 3 rings (SSSR count). The van der Waals surface area contributed by atoms with Crippen LogP contribution < -0.4 is 0 Å². The van der Waals surface area contributed by atoms with E-state index in [1.54, 1.807) is 0 Å². The van der Waals surface area contributed by atoms with Crippen molar-refractivity contribution in [2.24, 2.45) is 11.8 Å². The van der Waals surface area contributed by atoms with Crippen molar-refractivity contribution >= 4 is 29.5 Å². The largest absolute Gasteiger partial charge is 0.481 e. The van der Waals surface area contributed by atoms with E-state index >= 15 is 0 Å². The summed E-state index contributed by atoms with van der Waals surface area (Å²) >= 11 is 4.33. The Morgan fingerprint density at radius 1 is 1.15 bits per heavy atom. The van der Waals surface area contributed by atoms with Gasteiger partial charge in [-0.25, -0.2) is 0 Å². The lowest BCUT2D eigenvalue weighted by atomic mass is 9.76. The molecule has 0 aliphatic carbocycles. The Balaban J connectivity index is 1.39. The fourth-order valence-electron chi connectivity index (χ4n) is 4.32. The van der Waals surface area contributed by atoms with Crippen LogP contribution >= 0.6 is 23.5 Å². The highest BCUT2D eigenvalue weighted by Crippen LogP contribution is 2.55. The van der Waals surface area contributed by atoms with Gasteiger partial charge in [0.2, 0.25) is 0 Å². The van der Waals surface area contributed by atoms with Crippen molar-refractivity contribution in [1.82, 2.24) is 0 Å². The molecule has 1 aromatic rings. The number of hydrogen-bond acceptors (Lipinski definition) is 3. The molecule has 142 valence electrons. The van der Waals surface area contributed by atoms with Crippen LogP contribution in [0.4, 0.5) is 0 Å². The Kier molecular flexibility index (Phi) is 8.00. The van der Waals surface area contributed by atoms with Crippen molar-refractivity contribution in [2.45, 2.75) is 61.2 Å². The van der Waals surface area contributed by atoms with Crippen LogP contribution in [0.1, 0.15) is 50.5 Å². The summed E-state index contributed by atoms with van der Waals surface area (Å²) in [4.78, 5) is 10.6. The van der Waals surface area contributed by atoms with E-state index < -0.39 is 5.97 Å². The van der Waals surface area contributed by atoms with E-state index in [2.05, 4.69) is 66.0 Å². The first kappa shape index (κ1) is 19.9. The number of aliphatic carboxylic acids is 1. The molecule has 2 heterocycles. The van der Waals surface area contributed by atoms with Gasteiger partial charge in [0.15, 0.2) is 0 Å². The molecular weight excluding hydrogens is 360 g/mol. The molecule has 0 spiro atoms. The molecule has 0 aromatic heterocycles. The first-order valence-electron chi connectivity index (χ1n) is 9.88. The Labute approximate surface area is 166 Å². The Morgan fingerprint density at radius 3 is 2.69 bits per heavy atom. The second kappa shape index (κ2) is 10.5. The number of hydrogen-bond donors (Lipinski definition) is 1. The van der Waals surface area contributed by atoms with Gasteiger partial charge in [-0.05, 0) is 61.7 Å². The molecule has 2 aliphatic heterocycles. The van der Waals surface area contributed by atoms with Crippen LogP contribution in [0.5, 0.6) is 0 Å². The third-order valence-electron chi connectivity index (χ3n) is 5.63. The van der Waals surface area contributed by atoms with Gasteiger partial charge in [-0.15, -0.1) is 0 Å². The zero-order chi connectivity index (χ0) is 18.2. The van der Waals surface area contributed by atoms with Crippen LogP contribution in [-0.4, -0.2) is 27.3 Å². The fraction of sp³-hybridized carbons (Fsp3) is 0.591. The zero-order valence-corrected chi connectivity index (χ0v) is 17.0. The minimum Gasteiger partial charge on any atom is -0.481 e. The van der Waals surface area contributed by atoms with Gasteiger partial charge in [0.1, 0.15) is 0 Å². The van der Waals surface area contributed by atoms with Crippen LogP contribution in [0.3, 0.4) is 0 Å². The van der Waals surface area contributed by atoms with E-state index in [0.717, 1.165) is 40.9 Å². The molecule has 0 saturated carbocycles. The lowest BCUT2D eigenvalue weighted by Gasteiger charge is -2.29. The van der Waals surface area contributed by atoms with Crippen molar-refractivity contribution < 1.29 is 9.90 Å². The van der Waals surface area contributed by atoms with Crippen LogP contribution in [-0.2, 0) is 10.5 Å². The van der Waals surface area contributed by atoms with E-state index in [-0.39, 0.29) is 6.42 Å². The molecule has 2 nitrogen and oxygen atoms in total. The molecule has 0 radical (unpaired) electrons. The average Bonchev–Trinajstić information content (AvgIpc) is 3.24. The van der Waals surface area contributed by atoms with Crippen molar-refractivity contribution in [3.8, 4) is 0 Å². The predicted molar refractivity (Wildman–Crippen MR) is 114 cm³/mol. The normalized spacial score (nSPS) is 27.4. The lowest BCUT2D eigenvalue weighted by Crippen LogP contribution is -2.27. The molecule has 4 heteroatoms. The highest BCUT2D eigenvalue weighted by Gasteiger charge is 2.46. The van der Waals surface area contributed by atoms with Gasteiger partial charge in [-0.1, -0.05) is 42.5 Å². The third kappa shape index (κ3) is 5.82. The van der Waals surface area contributed by atoms with Gasteiger partial charge in [0.25, 0.3) is 0 Å². The number of carbonyl (C=O) groups is 1. The smallest absolute Gasteiger partial charge is 0.303 e. The van der Waals surface area contributed by atoms with Gasteiger partial charge in [-0.2, -0.15) is 23.5 Å². The molecule has 0 amide bonds. The highest BCUT2D eigenvalue weighted by atomic mass is 32.2. The van der Waals surface area contributed by atoms with E-state index in [4.69, 9.17) is 5.11 Å². The number of carboxylic acids is 1. The first-order chi connectivity index (χ1) is 12.7. The van der Waals surface area contributed by atoms with E-state index in [1.807, 2.05) is 0 Å². The van der Waals surface area contributed by atoms with Crippen LogP contribution in [0.15, 0.2) is 42.5 Å². The molecule has 2 bridgehead atoms. The third-order valence-corrected chi connectivity index (χ3v) is 8.57. The van der Waals surface area contributed by atoms with Crippen molar-refractivity contribution in [2.75, 3.05) is 5.75 Å². The summed E-state index contributed by atoms with van der Waals surface area (Å²) < 4.78 is 0. The minimum atomic E-state index is -0.684. The maximum Gasteiger partial charge on any atom is 0.303 e. The van der Waals surface area contributed by atoms with Crippen LogP contribution in [0.25, 0.3) is 0 Å². The SMILES string of the molecule is O=C(O)CCC/C=C\C[C@H]1C2CC[C@H](S2)[C@H]1CCSCc1ccccc1. The van der Waals surface area contributed by atoms with Gasteiger partial charge < -0.3 is 5.11 Å². The van der Waals surface area contributed by atoms with Crippen molar-refractivity contribution in [1.29, 1.82) is 0 Å². The molecule has 26 heavy (non-hydrogen) atoms. The number of unbranched alkanes of at least 4 members (excludes halogenated alkanes) is 1. The molecule has 1 unspecified atom stereocenters. The standard InChI is InChI=1S/C22H30O2S2/c23-22(24)11-7-2-1-6-10-18-19(21-13-12-20(18)26-21)14-15-25-16-17-8-4-3-5-9-17/h1,3-6,8-9,18-21H,2,7,10-16H2,(H,23,24)/b6-1-/t18-,19+,20?,21+/m1/s1.